The number of aromatic nitrogens is 3. The third-order valence-electron chi connectivity index (χ3n) is 2.54. The van der Waals surface area contributed by atoms with Gasteiger partial charge in [-0.05, 0) is 18.2 Å². The molecule has 9 heteroatoms. The Balaban J connectivity index is 1.97. The Hall–Kier alpha value is -2.81. The summed E-state index contributed by atoms with van der Waals surface area (Å²) in [4.78, 5) is 32.8. The molecule has 0 fully saturated rings. The van der Waals surface area contributed by atoms with Gasteiger partial charge in [-0.2, -0.15) is 0 Å². The van der Waals surface area contributed by atoms with Crippen molar-refractivity contribution in [2.75, 3.05) is 5.73 Å². The van der Waals surface area contributed by atoms with Crippen molar-refractivity contribution in [3.8, 4) is 0 Å². The lowest BCUT2D eigenvalue weighted by Crippen LogP contribution is -2.09. The first-order valence-corrected chi connectivity index (χ1v) is 6.51. The summed E-state index contributed by atoms with van der Waals surface area (Å²) in [6.07, 6.45) is 0. The normalized spacial score (nSPS) is 10.9. The molecule has 21 heavy (non-hydrogen) atoms. The highest BCUT2D eigenvalue weighted by Gasteiger charge is 2.12. The van der Waals surface area contributed by atoms with Gasteiger partial charge in [0.25, 0.3) is 10.8 Å². The summed E-state index contributed by atoms with van der Waals surface area (Å²) in [6.45, 7) is 0. The van der Waals surface area contributed by atoms with E-state index in [1.807, 2.05) is 0 Å². The maximum absolute atomic E-state index is 11.3. The molecule has 3 rings (SSSR count). The number of aromatic carboxylic acids is 1. The highest BCUT2D eigenvalue weighted by Crippen LogP contribution is 2.27. The molecule has 0 aliphatic carbocycles. The minimum Gasteiger partial charge on any atom is -0.478 e. The van der Waals surface area contributed by atoms with E-state index in [1.165, 1.54) is 12.1 Å². The number of fused-ring (bicyclic) bond motifs is 1. The molecule has 0 amide bonds. The van der Waals surface area contributed by atoms with Gasteiger partial charge in [0, 0.05) is 17.8 Å². The van der Waals surface area contributed by atoms with Crippen LogP contribution in [0.2, 0.25) is 0 Å². The molecule has 4 N–H and O–H groups in total. The molecule has 0 saturated heterocycles. The van der Waals surface area contributed by atoms with Gasteiger partial charge in [0.05, 0.1) is 5.56 Å². The summed E-state index contributed by atoms with van der Waals surface area (Å²) < 4.78 is 5.43. The molecule has 0 aliphatic heterocycles. The van der Waals surface area contributed by atoms with Crippen LogP contribution >= 0.6 is 11.8 Å². The number of carbonyl (C=O) groups is 1. The lowest BCUT2D eigenvalue weighted by atomic mass is 10.2. The van der Waals surface area contributed by atoms with Crippen LogP contribution in [0.15, 0.2) is 43.9 Å². The van der Waals surface area contributed by atoms with Crippen molar-refractivity contribution in [3.05, 3.63) is 40.2 Å². The van der Waals surface area contributed by atoms with E-state index in [9.17, 15) is 9.59 Å². The van der Waals surface area contributed by atoms with Gasteiger partial charge in [0.15, 0.2) is 10.7 Å². The van der Waals surface area contributed by atoms with Crippen molar-refractivity contribution in [3.63, 3.8) is 0 Å². The minimum atomic E-state index is -1.05. The molecule has 0 aliphatic rings. The fraction of sp³-hybridized carbons (Fsp3) is 0. The average Bonchev–Trinajstić information content (AvgIpc) is 2.78. The summed E-state index contributed by atoms with van der Waals surface area (Å²) in [7, 11) is 0. The lowest BCUT2D eigenvalue weighted by Gasteiger charge is -1.96. The van der Waals surface area contributed by atoms with Crippen LogP contribution in [0.3, 0.4) is 0 Å². The Labute approximate surface area is 121 Å². The van der Waals surface area contributed by atoms with Crippen LogP contribution in [-0.4, -0.2) is 26.0 Å². The molecule has 3 aromatic rings. The van der Waals surface area contributed by atoms with Gasteiger partial charge >= 0.3 is 5.97 Å². The van der Waals surface area contributed by atoms with Crippen LogP contribution in [0.25, 0.3) is 11.1 Å². The van der Waals surface area contributed by atoms with Crippen molar-refractivity contribution in [1.29, 1.82) is 0 Å². The van der Waals surface area contributed by atoms with E-state index >= 15 is 0 Å². The molecule has 0 spiro atoms. The molecule has 2 aromatic heterocycles. The second kappa shape index (κ2) is 4.94. The zero-order chi connectivity index (χ0) is 15.0. The number of aromatic amines is 1. The predicted octanol–water partition coefficient (Wildman–Crippen LogP) is 1.34. The number of nitrogen functional groups attached to an aromatic ring is 1. The fourth-order valence-electron chi connectivity index (χ4n) is 1.66. The summed E-state index contributed by atoms with van der Waals surface area (Å²) in [6, 6.07) is 5.52. The Morgan fingerprint density at radius 1 is 1.33 bits per heavy atom. The molecule has 1 aromatic carbocycles. The maximum Gasteiger partial charge on any atom is 0.335 e. The van der Waals surface area contributed by atoms with Crippen LogP contribution < -0.4 is 11.3 Å². The summed E-state index contributed by atoms with van der Waals surface area (Å²) in [5, 5.41) is 9.38. The number of nitrogens with one attached hydrogen (secondary N) is 1. The minimum absolute atomic E-state index is 0.0884. The van der Waals surface area contributed by atoms with Crippen LogP contribution in [-0.2, 0) is 0 Å². The molecule has 0 radical (unpaired) electrons. The molecule has 0 bridgehead atoms. The molecule has 2 heterocycles. The fourth-order valence-corrected chi connectivity index (χ4v) is 2.41. The Morgan fingerprint density at radius 2 is 2.14 bits per heavy atom. The van der Waals surface area contributed by atoms with Gasteiger partial charge in [-0.15, -0.1) is 0 Å². The van der Waals surface area contributed by atoms with E-state index in [1.54, 1.807) is 6.07 Å². The molecule has 0 unspecified atom stereocenters. The maximum atomic E-state index is 11.3. The summed E-state index contributed by atoms with van der Waals surface area (Å²) in [5.41, 5.74) is 6.05. The number of oxazole rings is 1. The van der Waals surface area contributed by atoms with E-state index in [2.05, 4.69) is 15.0 Å². The SMILES string of the molecule is Nc1cc(=O)[nH]c(Sc2nc3ccc(C(=O)O)cc3o2)n1. The molecule has 106 valence electrons. The molecule has 8 nitrogen and oxygen atoms in total. The number of carboxylic acid groups (broad SMARTS) is 1. The molecule has 0 saturated carbocycles. The summed E-state index contributed by atoms with van der Waals surface area (Å²) in [5.74, 6) is -0.963. The van der Waals surface area contributed by atoms with Crippen molar-refractivity contribution in [2.24, 2.45) is 0 Å². The number of H-pyrrole nitrogens is 1. The molecular formula is C12H8N4O4S. The van der Waals surface area contributed by atoms with E-state index in [4.69, 9.17) is 15.3 Å². The van der Waals surface area contributed by atoms with Crippen molar-refractivity contribution < 1.29 is 14.3 Å². The van der Waals surface area contributed by atoms with Crippen molar-refractivity contribution in [2.45, 2.75) is 10.4 Å². The number of rotatable bonds is 3. The van der Waals surface area contributed by atoms with E-state index in [0.717, 1.165) is 17.8 Å². The zero-order valence-electron chi connectivity index (χ0n) is 10.4. The number of hydrogen-bond acceptors (Lipinski definition) is 7. The highest BCUT2D eigenvalue weighted by molar-refractivity contribution is 7.98. The Kier molecular flexibility index (Phi) is 3.10. The van der Waals surface area contributed by atoms with Crippen molar-refractivity contribution in [1.82, 2.24) is 15.0 Å². The number of hydrogen-bond donors (Lipinski definition) is 3. The van der Waals surface area contributed by atoms with Gasteiger partial charge in [0.1, 0.15) is 11.3 Å². The first-order chi connectivity index (χ1) is 10.0. The van der Waals surface area contributed by atoms with Gasteiger partial charge in [-0.3, -0.25) is 4.79 Å². The first kappa shape index (κ1) is 13.2. The Bertz CT molecular complexity index is 902. The van der Waals surface area contributed by atoms with Crippen LogP contribution in [0.1, 0.15) is 10.4 Å². The van der Waals surface area contributed by atoms with E-state index in [0.29, 0.717) is 11.1 Å². The van der Waals surface area contributed by atoms with Gasteiger partial charge in [-0.1, -0.05) is 0 Å². The monoisotopic (exact) mass is 304 g/mol. The number of benzene rings is 1. The average molecular weight is 304 g/mol. The topological polar surface area (TPSA) is 135 Å². The van der Waals surface area contributed by atoms with Crippen LogP contribution in [0.5, 0.6) is 0 Å². The second-order valence-electron chi connectivity index (χ2n) is 4.04. The highest BCUT2D eigenvalue weighted by atomic mass is 32.2. The second-order valence-corrected chi connectivity index (χ2v) is 4.98. The number of anilines is 1. The number of nitrogens with zero attached hydrogens (tertiary/aromatic N) is 2. The van der Waals surface area contributed by atoms with Crippen molar-refractivity contribution >= 4 is 34.6 Å². The quantitative estimate of drug-likeness (QED) is 0.617. The zero-order valence-corrected chi connectivity index (χ0v) is 11.2. The largest absolute Gasteiger partial charge is 0.478 e. The van der Waals surface area contributed by atoms with Crippen LogP contribution in [0, 0.1) is 0 Å². The van der Waals surface area contributed by atoms with Gasteiger partial charge in [0.2, 0.25) is 0 Å². The third-order valence-corrected chi connectivity index (χ3v) is 3.28. The smallest absolute Gasteiger partial charge is 0.335 e. The van der Waals surface area contributed by atoms with E-state index in [-0.39, 0.29) is 27.3 Å². The summed E-state index contributed by atoms with van der Waals surface area (Å²) >= 11 is 0.984. The standard InChI is InChI=1S/C12H8N4O4S/c13-8-4-9(17)16-11(15-8)21-12-14-6-2-1-5(10(18)19)3-7(6)20-12/h1-4H,(H,18,19)(H3,13,15,16,17). The van der Waals surface area contributed by atoms with E-state index < -0.39 is 5.97 Å². The number of carboxylic acids is 1. The third kappa shape index (κ3) is 2.72. The Morgan fingerprint density at radius 3 is 2.86 bits per heavy atom. The molecular weight excluding hydrogens is 296 g/mol. The predicted molar refractivity (Wildman–Crippen MR) is 74.4 cm³/mol. The lowest BCUT2D eigenvalue weighted by molar-refractivity contribution is 0.0697. The molecule has 0 atom stereocenters. The van der Waals surface area contributed by atoms with Crippen LogP contribution in [0.4, 0.5) is 5.82 Å². The van der Waals surface area contributed by atoms with Gasteiger partial charge in [-0.25, -0.2) is 14.8 Å². The van der Waals surface area contributed by atoms with Gasteiger partial charge < -0.3 is 20.2 Å². The number of nitrogens with two attached hydrogens (primary N) is 1. The first-order valence-electron chi connectivity index (χ1n) is 5.70.